The van der Waals surface area contributed by atoms with E-state index in [1.807, 2.05) is 23.9 Å². The maximum atomic E-state index is 13.7. The number of hydrogen-bond donors (Lipinski definition) is 12. The van der Waals surface area contributed by atoms with E-state index in [1.165, 1.54) is 0 Å². The fraction of sp³-hybridized carbons (Fsp3) is 0.548. The van der Waals surface area contributed by atoms with Crippen molar-refractivity contribution in [2.45, 2.75) is 128 Å². The molecule has 38 nitrogen and oxygen atoms in total. The summed E-state index contributed by atoms with van der Waals surface area (Å²) in [5.41, 5.74) is 33.5. The van der Waals surface area contributed by atoms with Crippen molar-refractivity contribution in [3.8, 4) is 0 Å². The fourth-order valence-electron chi connectivity index (χ4n) is 10.6. The lowest BCUT2D eigenvalue weighted by molar-refractivity contribution is -0.146. The molecular formula is C73H113N25O13Si2. The van der Waals surface area contributed by atoms with Gasteiger partial charge >= 0.3 is 11.9 Å². The number of hydrogen-bond acceptors (Lipinski definition) is 34. The molecule has 0 saturated heterocycles. The quantitative estimate of drug-likeness (QED) is 0.0146. The first-order valence-corrected chi connectivity index (χ1v) is 45.4. The fourth-order valence-corrected chi connectivity index (χ4v) is 12.0. The van der Waals surface area contributed by atoms with Crippen molar-refractivity contribution in [2.75, 3.05) is 181 Å². The highest BCUT2D eigenvalue weighted by molar-refractivity contribution is 6.76. The van der Waals surface area contributed by atoms with E-state index < -0.39 is 52.0 Å². The van der Waals surface area contributed by atoms with E-state index in [0.29, 0.717) is 196 Å². The minimum Gasteiger partial charge on any atom is -0.464 e. The van der Waals surface area contributed by atoms with Crippen LogP contribution in [0.25, 0.3) is 22.3 Å². The summed E-state index contributed by atoms with van der Waals surface area (Å²) in [4.78, 5) is 133. The van der Waals surface area contributed by atoms with Gasteiger partial charge in [0.15, 0.2) is 34.0 Å². The van der Waals surface area contributed by atoms with E-state index in [1.54, 1.807) is 60.9 Å². The largest absolute Gasteiger partial charge is 0.464 e. The smallest absolute Gasteiger partial charge is 0.328 e. The van der Waals surface area contributed by atoms with Gasteiger partial charge < -0.3 is 109 Å². The number of nitrogens with zero attached hydrogens (tertiary/aromatic N) is 13. The van der Waals surface area contributed by atoms with Crippen LogP contribution in [0.15, 0.2) is 60.9 Å². The van der Waals surface area contributed by atoms with Crippen LogP contribution >= 0.6 is 0 Å². The number of carbonyl (C=O) groups is 6. The molecule has 616 valence electrons. The molecule has 0 radical (unpaired) electrons. The lowest BCUT2D eigenvalue weighted by Gasteiger charge is -2.21. The number of nitrogens with one attached hydrogen (secondary N) is 7. The molecule has 0 fully saturated rings. The van der Waals surface area contributed by atoms with E-state index in [9.17, 15) is 28.8 Å². The van der Waals surface area contributed by atoms with Crippen LogP contribution in [0.1, 0.15) is 83.5 Å². The van der Waals surface area contributed by atoms with Gasteiger partial charge in [-0.1, -0.05) is 39.3 Å². The van der Waals surface area contributed by atoms with E-state index in [2.05, 4.69) is 131 Å². The first kappa shape index (κ1) is 89.7. The first-order valence-electron chi connectivity index (χ1n) is 38.0. The number of nitrogens with two attached hydrogens (primary N) is 5. The Kier molecular flexibility index (Phi) is 37.4. The molecule has 0 saturated carbocycles. The second-order valence-electron chi connectivity index (χ2n) is 28.9. The van der Waals surface area contributed by atoms with Crippen LogP contribution in [0, 0.1) is 0 Å². The van der Waals surface area contributed by atoms with Gasteiger partial charge in [-0.3, -0.25) is 19.2 Å². The number of aromatic nitrogens is 11. The van der Waals surface area contributed by atoms with Gasteiger partial charge in [0.05, 0.1) is 116 Å². The predicted octanol–water partition coefficient (Wildman–Crippen LogP) is 3.93. The van der Waals surface area contributed by atoms with Crippen LogP contribution in [0.5, 0.6) is 0 Å². The summed E-state index contributed by atoms with van der Waals surface area (Å²) in [7, 11) is 0.577. The van der Waals surface area contributed by atoms with Crippen LogP contribution < -0.4 is 75.7 Å². The Morgan fingerprint density at radius 1 is 0.434 bits per heavy atom. The van der Waals surface area contributed by atoms with E-state index in [0.717, 1.165) is 23.5 Å². The molecule has 4 amide bonds. The summed E-state index contributed by atoms with van der Waals surface area (Å²) in [5, 5.41) is 21.2. The third kappa shape index (κ3) is 33.8. The number of anilines is 9. The van der Waals surface area contributed by atoms with Crippen LogP contribution in [0.4, 0.5) is 52.8 Å². The number of carbonyl (C=O) groups excluding carboxylic acids is 6. The van der Waals surface area contributed by atoms with Crippen molar-refractivity contribution in [1.29, 1.82) is 0 Å². The predicted molar refractivity (Wildman–Crippen MR) is 437 cm³/mol. The highest BCUT2D eigenvalue weighted by Gasteiger charge is 2.28. The number of ether oxygens (including phenoxy) is 7. The van der Waals surface area contributed by atoms with Crippen molar-refractivity contribution < 1.29 is 61.9 Å². The molecule has 0 spiro atoms. The minimum absolute atomic E-state index is 0.00143. The maximum Gasteiger partial charge on any atom is 0.328 e. The number of esters is 2. The van der Waals surface area contributed by atoms with Gasteiger partial charge in [-0.15, -0.1) is 0 Å². The van der Waals surface area contributed by atoms with Gasteiger partial charge in [-0.2, -0.15) is 34.9 Å². The third-order valence-electron chi connectivity index (χ3n) is 17.0. The Bertz CT molecular complexity index is 3910. The molecule has 40 heteroatoms. The van der Waals surface area contributed by atoms with Crippen LogP contribution in [-0.4, -0.2) is 251 Å². The van der Waals surface area contributed by atoms with Crippen LogP contribution in [0.3, 0.4) is 0 Å². The van der Waals surface area contributed by atoms with Gasteiger partial charge in [0, 0.05) is 105 Å². The van der Waals surface area contributed by atoms with E-state index in [4.69, 9.17) is 61.8 Å². The lowest BCUT2D eigenvalue weighted by Crippen LogP contribution is -2.43. The van der Waals surface area contributed by atoms with Crippen molar-refractivity contribution in [1.82, 2.24) is 76.1 Å². The SMILES string of the molecule is CN(Cc1cnc2nc(N)nc(N)c2n1)c1ccc(C(=O)N[C@@H](CCC(=O)NCCCCNc2nc(NCCCCNC(=O)CC[C@H](NC(=O)c3ccc(N(C)Cc4cnc5nc(N)nc(N)c5n4)cc3)C(=O)OCC[Si](C)(C)C)nc(NCCOCCOCCOCCOCCOCCN)n2)C(=O)OCC[Si](C)(C)C)cc1. The highest BCUT2D eigenvalue weighted by atomic mass is 28.3. The normalized spacial score (nSPS) is 12.0. The molecule has 7 rings (SSSR count). The zero-order chi connectivity index (χ0) is 81.6. The minimum atomic E-state index is -1.57. The van der Waals surface area contributed by atoms with E-state index >= 15 is 0 Å². The third-order valence-corrected chi connectivity index (χ3v) is 20.4. The monoisotopic (exact) mass is 1600 g/mol. The number of nitrogen functional groups attached to an aromatic ring is 4. The number of unbranched alkanes of at least 4 members (excludes halogenated alkanes) is 2. The first-order chi connectivity index (χ1) is 54.2. The zero-order valence-corrected chi connectivity index (χ0v) is 68.1. The van der Waals surface area contributed by atoms with Crippen molar-refractivity contribution in [3.63, 3.8) is 0 Å². The zero-order valence-electron chi connectivity index (χ0n) is 66.1. The summed E-state index contributed by atoms with van der Waals surface area (Å²) in [6.07, 6.45) is 5.46. The molecule has 5 aromatic heterocycles. The lowest BCUT2D eigenvalue weighted by atomic mass is 10.1. The second kappa shape index (κ2) is 47.1. The van der Waals surface area contributed by atoms with Crippen molar-refractivity contribution in [3.05, 3.63) is 83.4 Å². The molecule has 2 atom stereocenters. The molecule has 113 heavy (non-hydrogen) atoms. The molecule has 0 bridgehead atoms. The molecule has 7 aromatic rings. The van der Waals surface area contributed by atoms with Gasteiger partial charge in [0.2, 0.25) is 41.6 Å². The molecule has 5 heterocycles. The summed E-state index contributed by atoms with van der Waals surface area (Å²) >= 11 is 0. The molecule has 0 unspecified atom stereocenters. The van der Waals surface area contributed by atoms with Crippen molar-refractivity contribution in [2.24, 2.45) is 5.73 Å². The molecule has 2 aromatic carbocycles. The Hall–Kier alpha value is -10.5. The molecule has 0 aliphatic heterocycles. The number of rotatable bonds is 54. The number of amides is 4. The standard InChI is InChI=1S/C73H113N25O13Si2/c1-97(47-51-45-84-63-59(86-51)61(75)90-69(77)92-63)53-17-13-49(14-18-53)65(101)88-55(67(103)110-41-43-112(3,4)5)21-23-57(99)79-26-9-11-28-81-71-94-72(96-73(95-71)83-30-32-106-34-36-108-38-40-109-39-37-107-35-33-105-31-25-74)82-29-12-10-27-80-58(100)24-22-56(68(104)111-42-44-113(6,7)8)89-66(102)50-15-19-54(20-16-50)98(2)48-52-46-85-64-60(87-52)62(76)91-70(78)93-64/h13-20,45-46,55-56H,9-12,21-44,47-48,74H2,1-8H3,(H,79,99)(H,80,100)(H,88,101)(H,89,102)(H4,75,77,84,90,92)(H4,76,78,85,91,93)(H3,81,82,83,94,95,96)/t55-,56-/m0/s1. The number of fused-ring (bicyclic) bond motifs is 2. The average Bonchev–Trinajstić information content (AvgIpc) is 0.812. The molecule has 17 N–H and O–H groups in total. The number of benzene rings is 2. The maximum absolute atomic E-state index is 13.7. The average molecular weight is 1610 g/mol. The topological polar surface area (TPSA) is 530 Å². The van der Waals surface area contributed by atoms with Gasteiger partial charge in [-0.25, -0.2) is 29.5 Å². The summed E-state index contributed by atoms with van der Waals surface area (Å²) < 4.78 is 39.1. The van der Waals surface area contributed by atoms with Crippen LogP contribution in [0.2, 0.25) is 51.4 Å². The van der Waals surface area contributed by atoms with Gasteiger partial charge in [0.1, 0.15) is 12.1 Å². The van der Waals surface area contributed by atoms with Crippen LogP contribution in [-0.2, 0) is 65.4 Å². The Morgan fingerprint density at radius 2 is 0.788 bits per heavy atom. The highest BCUT2D eigenvalue weighted by Crippen LogP contribution is 2.23. The summed E-state index contributed by atoms with van der Waals surface area (Å²) in [6.45, 7) is 20.7. The summed E-state index contributed by atoms with van der Waals surface area (Å²) in [5.74, 6) is -1.71. The van der Waals surface area contributed by atoms with Crippen molar-refractivity contribution >= 4 is 127 Å². The van der Waals surface area contributed by atoms with E-state index in [-0.39, 0.29) is 85.5 Å². The molecular weight excluding hydrogens is 1490 g/mol. The molecule has 0 aliphatic carbocycles. The Labute approximate surface area is 660 Å². The second-order valence-corrected chi connectivity index (χ2v) is 40.2. The Balaban J connectivity index is 0.859. The van der Waals surface area contributed by atoms with Gasteiger partial charge in [-0.05, 0) is 99.1 Å². The summed E-state index contributed by atoms with van der Waals surface area (Å²) in [6, 6.07) is 12.9. The Morgan fingerprint density at radius 3 is 1.16 bits per heavy atom. The molecule has 0 aliphatic rings. The van der Waals surface area contributed by atoms with Gasteiger partial charge in [0.25, 0.3) is 11.8 Å².